The first-order chi connectivity index (χ1) is 55.5. The maximum atomic E-state index is 8.05. The summed E-state index contributed by atoms with van der Waals surface area (Å²) in [5.74, 6) is 0.492. The number of anilines is 3. The van der Waals surface area contributed by atoms with Crippen molar-refractivity contribution in [2.75, 3.05) is 4.90 Å². The van der Waals surface area contributed by atoms with Crippen LogP contribution in [0.3, 0.4) is 0 Å². The van der Waals surface area contributed by atoms with Crippen LogP contribution in [0.15, 0.2) is 314 Å². The Hall–Kier alpha value is -12.5. The predicted molar refractivity (Wildman–Crippen MR) is 489 cm³/mol. The van der Waals surface area contributed by atoms with Gasteiger partial charge < -0.3 is 13.9 Å². The molecule has 1 fully saturated rings. The fourth-order valence-electron chi connectivity index (χ4n) is 20.6. The van der Waals surface area contributed by atoms with E-state index in [1.54, 1.807) is 0 Å². The first-order valence-electron chi connectivity index (χ1n) is 41.3. The van der Waals surface area contributed by atoms with Gasteiger partial charge in [-0.2, -0.15) is 0 Å². The molecule has 2 aliphatic heterocycles. The van der Waals surface area contributed by atoms with Gasteiger partial charge in [0.05, 0.1) is 22.4 Å². The van der Waals surface area contributed by atoms with Crippen LogP contribution in [0.25, 0.3) is 170 Å². The van der Waals surface area contributed by atoms with Gasteiger partial charge in [-0.1, -0.05) is 330 Å². The molecule has 3 aliphatic rings. The van der Waals surface area contributed by atoms with Crippen molar-refractivity contribution in [3.05, 3.63) is 332 Å². The van der Waals surface area contributed by atoms with Crippen LogP contribution in [0.1, 0.15) is 123 Å². The second-order valence-corrected chi connectivity index (χ2v) is 36.0. The lowest BCUT2D eigenvalue weighted by Gasteiger charge is -2.39. The number of fused-ring (bicyclic) bond motifs is 23. The van der Waals surface area contributed by atoms with E-state index < -0.39 is 0 Å². The zero-order valence-electron chi connectivity index (χ0n) is 66.4. The van der Waals surface area contributed by atoms with E-state index in [1.807, 2.05) is 0 Å². The topological polar surface area (TPSA) is 21.3 Å². The molecule has 4 heterocycles. The van der Waals surface area contributed by atoms with Crippen molar-refractivity contribution in [1.82, 2.24) is 4.57 Å². The molecule has 548 valence electrons. The molecule has 19 aromatic rings. The van der Waals surface area contributed by atoms with Gasteiger partial charge in [-0.3, -0.25) is 0 Å². The lowest BCUT2D eigenvalue weighted by molar-refractivity contribution is 0.444. The number of nitrogens with zero attached hydrogens (tertiary/aromatic N) is 2. The third kappa shape index (κ3) is 10.6. The Bertz CT molecular complexity index is 7210. The van der Waals surface area contributed by atoms with Gasteiger partial charge in [0, 0.05) is 44.0 Å². The molecule has 22 rings (SSSR count). The number of benzene rings is 17. The molecule has 3 nitrogen and oxygen atoms in total. The van der Waals surface area contributed by atoms with Gasteiger partial charge in [0.25, 0.3) is 6.71 Å². The molecule has 0 atom stereocenters. The molecule has 0 unspecified atom stereocenters. The second-order valence-electron chi connectivity index (χ2n) is 36.0. The highest BCUT2D eigenvalue weighted by Gasteiger charge is 2.48. The van der Waals surface area contributed by atoms with E-state index in [-0.39, 0.29) is 23.0 Å². The molecule has 0 saturated heterocycles. The first kappa shape index (κ1) is 68.3. The summed E-state index contributed by atoms with van der Waals surface area (Å²) in [6, 6.07) is 120. The highest BCUT2D eigenvalue weighted by Crippen LogP contribution is 2.55. The number of hydrogen-bond donors (Lipinski definition) is 0. The second kappa shape index (κ2) is 25.5. The maximum Gasteiger partial charge on any atom is 0.297 e. The molecule has 0 N–H and O–H groups in total. The standard InChI is InChI=1S/C110H89BN2O/c1-108(2,3)76-49-47-69(48-50-76)88-64-78(52-54-93(88)110(7,8)9)112-96-61-75(99-89(72-37-27-35-70(57-72)66-29-13-10-14-30-66)59-74(68-33-17-12-18-34-68)60-90(99)73-38-28-36-71(58-73)67-31-15-11-16-32-67)62-97-104(96)111(107-105(112)92-63-77(109(4,5)6)51-56-98(92)114-107)94-65-91-84-44-22-20-40-80(84)82-42-24-26-46-86(82)101(91)103-102-95(113(97)106(94)103)55-53-87-83-43-21-19-39-79(83)81-41-23-25-45-85(81)100(87)102/h10,12-14,17-30,33-65,67H,11,15-16,31-32H2,1-9H3. The quantitative estimate of drug-likeness (QED) is 0.112. The van der Waals surface area contributed by atoms with Crippen molar-refractivity contribution in [2.24, 2.45) is 0 Å². The Balaban J connectivity index is 0.965. The fourth-order valence-corrected chi connectivity index (χ4v) is 20.6. The number of aromatic nitrogens is 1. The highest BCUT2D eigenvalue weighted by molar-refractivity contribution is 7.00. The van der Waals surface area contributed by atoms with Crippen LogP contribution in [-0.2, 0) is 16.2 Å². The molecule has 0 amide bonds. The minimum atomic E-state index is -0.383. The maximum absolute atomic E-state index is 8.05. The monoisotopic (exact) mass is 1460 g/mol. The Morgan fingerprint density at radius 2 is 0.860 bits per heavy atom. The molecule has 0 radical (unpaired) electrons. The molecule has 114 heavy (non-hydrogen) atoms. The lowest BCUT2D eigenvalue weighted by Crippen LogP contribution is -2.60. The summed E-state index contributed by atoms with van der Waals surface area (Å²) in [6.07, 6.45) is 6.21. The van der Waals surface area contributed by atoms with E-state index >= 15 is 0 Å². The summed E-state index contributed by atoms with van der Waals surface area (Å²) in [5.41, 5.74) is 30.2. The van der Waals surface area contributed by atoms with Crippen molar-refractivity contribution in [3.63, 3.8) is 0 Å². The van der Waals surface area contributed by atoms with Gasteiger partial charge in [-0.25, -0.2) is 0 Å². The van der Waals surface area contributed by atoms with E-state index in [0.29, 0.717) is 5.92 Å². The van der Waals surface area contributed by atoms with Crippen LogP contribution in [0, 0.1) is 0 Å². The van der Waals surface area contributed by atoms with E-state index in [9.17, 15) is 0 Å². The summed E-state index contributed by atoms with van der Waals surface area (Å²) in [5, 5.41) is 18.7. The average Bonchev–Trinajstić information content (AvgIpc) is 1.44. The summed E-state index contributed by atoms with van der Waals surface area (Å²) in [7, 11) is 0. The minimum Gasteiger partial charge on any atom is -0.468 e. The zero-order valence-corrected chi connectivity index (χ0v) is 66.4. The van der Waals surface area contributed by atoms with Crippen LogP contribution in [0.2, 0.25) is 0 Å². The lowest BCUT2D eigenvalue weighted by atomic mass is 9.35. The molecule has 17 aromatic carbocycles. The summed E-state index contributed by atoms with van der Waals surface area (Å²) in [4.78, 5) is 2.68. The largest absolute Gasteiger partial charge is 0.468 e. The Kier molecular flexibility index (Phi) is 15.3. The van der Waals surface area contributed by atoms with Crippen LogP contribution in [-0.4, -0.2) is 11.3 Å². The molecular formula is C110H89BN2O. The molecule has 0 bridgehead atoms. The third-order valence-electron chi connectivity index (χ3n) is 26.1. The van der Waals surface area contributed by atoms with Crippen molar-refractivity contribution >= 4 is 138 Å². The van der Waals surface area contributed by atoms with Gasteiger partial charge >= 0.3 is 0 Å². The number of furan rings is 1. The molecule has 2 aromatic heterocycles. The minimum absolute atomic E-state index is 0.0194. The first-order valence-corrected chi connectivity index (χ1v) is 41.3. The van der Waals surface area contributed by atoms with E-state index in [4.69, 9.17) is 4.42 Å². The van der Waals surface area contributed by atoms with Crippen LogP contribution in [0.5, 0.6) is 0 Å². The molecule has 0 spiro atoms. The van der Waals surface area contributed by atoms with Gasteiger partial charge in [-0.05, 0) is 249 Å². The van der Waals surface area contributed by atoms with E-state index in [0.717, 1.165) is 50.5 Å². The van der Waals surface area contributed by atoms with E-state index in [1.165, 1.54) is 207 Å². The molecular weight excluding hydrogens is 1380 g/mol. The SMILES string of the molecule is CC(C)(C)c1ccc(-c2cc(N3c4cc(-c5c(-c6cccc(-c7ccccc7)c6)cc(-c6ccccc6)cc5-c5cccc(C6CCCCC6)c5)cc5c4B(c4oc6ccc(C(C)(C)C)cc6c43)c3cc4c6ccccc6c6ccccc6c4c4c6c7c8ccccc8c8ccccc8c7ccc6n-5c34)ccc2C(C)(C)C)cc1. The Labute approximate surface area is 667 Å². The van der Waals surface area contributed by atoms with Crippen molar-refractivity contribution in [1.29, 1.82) is 0 Å². The van der Waals surface area contributed by atoms with Gasteiger partial charge in [0.15, 0.2) is 0 Å². The molecule has 1 aliphatic carbocycles. The van der Waals surface area contributed by atoms with Crippen LogP contribution >= 0.6 is 0 Å². The highest BCUT2D eigenvalue weighted by atomic mass is 16.3. The Morgan fingerprint density at radius 3 is 1.48 bits per heavy atom. The van der Waals surface area contributed by atoms with Gasteiger partial charge in [0.1, 0.15) is 5.58 Å². The van der Waals surface area contributed by atoms with Crippen LogP contribution in [0.4, 0.5) is 17.1 Å². The van der Waals surface area contributed by atoms with Crippen molar-refractivity contribution in [3.8, 4) is 72.4 Å². The molecule has 4 heteroatoms. The third-order valence-corrected chi connectivity index (χ3v) is 26.1. The Morgan fingerprint density at radius 1 is 0.333 bits per heavy atom. The normalized spacial score (nSPS) is 13.9. The zero-order chi connectivity index (χ0) is 76.8. The summed E-state index contributed by atoms with van der Waals surface area (Å²) >= 11 is 0. The van der Waals surface area contributed by atoms with E-state index in [2.05, 4.69) is 381 Å². The average molecular weight is 1470 g/mol. The number of hydrogen-bond acceptors (Lipinski definition) is 2. The number of rotatable bonds is 8. The fraction of sp³-hybridized carbons (Fsp3) is 0.164. The van der Waals surface area contributed by atoms with Crippen molar-refractivity contribution < 1.29 is 4.42 Å². The van der Waals surface area contributed by atoms with Crippen molar-refractivity contribution in [2.45, 2.75) is 117 Å². The van der Waals surface area contributed by atoms with Gasteiger partial charge in [0.2, 0.25) is 0 Å². The summed E-state index contributed by atoms with van der Waals surface area (Å²) in [6.45, 7) is 20.7. The smallest absolute Gasteiger partial charge is 0.297 e. The van der Waals surface area contributed by atoms with Gasteiger partial charge in [-0.15, -0.1) is 0 Å². The summed E-state index contributed by atoms with van der Waals surface area (Å²) < 4.78 is 10.8. The molecule has 1 saturated carbocycles. The predicted octanol–water partition coefficient (Wildman–Crippen LogP) is 29.0. The van der Waals surface area contributed by atoms with Crippen LogP contribution < -0.4 is 21.5 Å².